The van der Waals surface area contributed by atoms with Crippen LogP contribution < -0.4 is 9.64 Å². The second kappa shape index (κ2) is 14.0. The number of aliphatic hydroxyl groups excluding tert-OH is 1. The summed E-state index contributed by atoms with van der Waals surface area (Å²) in [5.74, 6) is 1.05. The first-order chi connectivity index (χ1) is 24.8. The van der Waals surface area contributed by atoms with Gasteiger partial charge in [0.15, 0.2) is 0 Å². The summed E-state index contributed by atoms with van der Waals surface area (Å²) in [5, 5.41) is 13.6. The molecule has 13 heteroatoms. The Labute approximate surface area is 302 Å². The van der Waals surface area contributed by atoms with Crippen molar-refractivity contribution in [3.8, 4) is 16.9 Å². The number of alkyl halides is 3. The van der Waals surface area contributed by atoms with Gasteiger partial charge >= 0.3 is 12.3 Å². The molecule has 4 aliphatic carbocycles. The zero-order valence-electron chi connectivity index (χ0n) is 30.1. The summed E-state index contributed by atoms with van der Waals surface area (Å²) in [6, 6.07) is 8.27. The zero-order valence-corrected chi connectivity index (χ0v) is 30.1. The lowest BCUT2D eigenvalue weighted by Gasteiger charge is -2.55. The maximum atomic E-state index is 14.6. The van der Waals surface area contributed by atoms with Crippen molar-refractivity contribution in [2.24, 2.45) is 11.3 Å². The van der Waals surface area contributed by atoms with Crippen LogP contribution in [0.4, 0.5) is 23.8 Å². The normalized spacial score (nSPS) is 26.8. The van der Waals surface area contributed by atoms with Crippen LogP contribution in [0.1, 0.15) is 88.3 Å². The minimum atomic E-state index is -4.44. The first-order valence-electron chi connectivity index (χ1n) is 18.5. The van der Waals surface area contributed by atoms with Gasteiger partial charge in [-0.2, -0.15) is 18.3 Å². The molecule has 52 heavy (non-hydrogen) atoms. The number of aromatic nitrogens is 3. The third-order valence-corrected chi connectivity index (χ3v) is 12.4. The number of aliphatic hydroxyl groups is 1. The van der Waals surface area contributed by atoms with E-state index in [1.54, 1.807) is 25.4 Å². The Morgan fingerprint density at radius 2 is 1.71 bits per heavy atom. The molecule has 1 saturated heterocycles. The lowest BCUT2D eigenvalue weighted by molar-refractivity contribution is -0.165. The summed E-state index contributed by atoms with van der Waals surface area (Å²) in [7, 11) is 1.69. The number of fused-ring (bicyclic) bond motifs is 3. The number of benzene rings is 1. The quantitative estimate of drug-likeness (QED) is 0.245. The van der Waals surface area contributed by atoms with E-state index in [2.05, 4.69) is 35.2 Å². The summed E-state index contributed by atoms with van der Waals surface area (Å²) >= 11 is 0. The Kier molecular flexibility index (Phi) is 9.77. The van der Waals surface area contributed by atoms with E-state index in [4.69, 9.17) is 9.47 Å². The molecular weight excluding hydrogens is 675 g/mol. The third-order valence-electron chi connectivity index (χ3n) is 12.4. The predicted octanol–water partition coefficient (Wildman–Crippen LogP) is 7.38. The molecule has 2 amide bonds. The molecule has 3 heterocycles. The molecule has 1 aromatic carbocycles. The van der Waals surface area contributed by atoms with Gasteiger partial charge in [-0.25, -0.2) is 9.78 Å². The molecule has 8 rings (SSSR count). The fourth-order valence-electron chi connectivity index (χ4n) is 8.81. The van der Waals surface area contributed by atoms with Crippen LogP contribution in [0.5, 0.6) is 5.75 Å². The smallest absolute Gasteiger partial charge is 0.410 e. The van der Waals surface area contributed by atoms with Crippen LogP contribution in [-0.2, 0) is 14.9 Å². The molecule has 1 unspecified atom stereocenters. The van der Waals surface area contributed by atoms with Crippen molar-refractivity contribution < 1.29 is 37.3 Å². The van der Waals surface area contributed by atoms with Crippen LogP contribution in [0.15, 0.2) is 48.9 Å². The van der Waals surface area contributed by atoms with Crippen molar-refractivity contribution in [2.45, 2.75) is 108 Å². The molecule has 3 aromatic rings. The fourth-order valence-corrected chi connectivity index (χ4v) is 8.81. The summed E-state index contributed by atoms with van der Waals surface area (Å²) in [6.07, 6.45) is 6.97. The predicted molar refractivity (Wildman–Crippen MR) is 188 cm³/mol. The van der Waals surface area contributed by atoms with E-state index >= 15 is 0 Å². The Hall–Kier alpha value is -4.13. The standard InChI is InChI=1S/C39H48F3N5O5/c1-25-18-30(6-9-33(25)51-3)38-14-11-37(12-15-38,13-16-38)24-46(35(49)27-4-7-32(8-5-27)52-36(50)45-22-31(48)23-45)34-19-28(10-17-43-34)29-20-44-47(21-29)26(2)39(40,41)42/h6,9-10,17-21,26-27,31-32,48H,4-5,7-8,11-16,22-24H2,1-3H3. The molecule has 10 nitrogen and oxygen atoms in total. The molecule has 1 aliphatic heterocycles. The van der Waals surface area contributed by atoms with E-state index in [1.807, 2.05) is 4.90 Å². The highest BCUT2D eigenvalue weighted by atomic mass is 19.4. The van der Waals surface area contributed by atoms with Gasteiger partial charge in [0.25, 0.3) is 0 Å². The van der Waals surface area contributed by atoms with Crippen LogP contribution >= 0.6 is 0 Å². The number of hydrogen-bond acceptors (Lipinski definition) is 7. The first kappa shape index (κ1) is 36.2. The molecule has 2 bridgehead atoms. The molecule has 0 spiro atoms. The maximum Gasteiger partial charge on any atom is 0.410 e. The van der Waals surface area contributed by atoms with Gasteiger partial charge in [0, 0.05) is 30.4 Å². The van der Waals surface area contributed by atoms with Crippen LogP contribution in [0.3, 0.4) is 0 Å². The van der Waals surface area contributed by atoms with Gasteiger partial charge in [-0.1, -0.05) is 12.1 Å². The first-order valence-corrected chi connectivity index (χ1v) is 18.5. The molecule has 0 radical (unpaired) electrons. The number of nitrogens with zero attached hydrogens (tertiary/aromatic N) is 5. The topological polar surface area (TPSA) is 110 Å². The maximum absolute atomic E-state index is 14.6. The average molecular weight is 724 g/mol. The van der Waals surface area contributed by atoms with Crippen molar-refractivity contribution in [1.29, 1.82) is 0 Å². The van der Waals surface area contributed by atoms with Crippen LogP contribution in [0.2, 0.25) is 0 Å². The molecule has 4 saturated carbocycles. The van der Waals surface area contributed by atoms with E-state index in [1.165, 1.54) is 22.9 Å². The van der Waals surface area contributed by atoms with Gasteiger partial charge in [0.1, 0.15) is 23.7 Å². The van der Waals surface area contributed by atoms with Gasteiger partial charge in [0.2, 0.25) is 5.91 Å². The highest BCUT2D eigenvalue weighted by molar-refractivity contribution is 5.95. The van der Waals surface area contributed by atoms with Gasteiger partial charge < -0.3 is 19.5 Å². The third kappa shape index (κ3) is 7.12. The van der Waals surface area contributed by atoms with E-state index in [0.717, 1.165) is 61.4 Å². The average Bonchev–Trinajstić information content (AvgIpc) is 3.63. The van der Waals surface area contributed by atoms with E-state index in [-0.39, 0.29) is 41.8 Å². The minimum Gasteiger partial charge on any atom is -0.496 e. The number of methoxy groups -OCH3 is 1. The van der Waals surface area contributed by atoms with Crippen molar-refractivity contribution in [1.82, 2.24) is 19.7 Å². The van der Waals surface area contributed by atoms with E-state index in [0.29, 0.717) is 49.2 Å². The van der Waals surface area contributed by atoms with Crippen molar-refractivity contribution >= 4 is 17.8 Å². The Bertz CT molecular complexity index is 1760. The van der Waals surface area contributed by atoms with E-state index < -0.39 is 24.4 Å². The monoisotopic (exact) mass is 723 g/mol. The lowest BCUT2D eigenvalue weighted by atomic mass is 9.51. The van der Waals surface area contributed by atoms with Crippen molar-refractivity contribution in [2.75, 3.05) is 31.6 Å². The lowest BCUT2D eigenvalue weighted by Crippen LogP contribution is -2.54. The molecule has 5 aliphatic rings. The summed E-state index contributed by atoms with van der Waals surface area (Å²) in [4.78, 5) is 35.1. The number of β-amino-alcohol motifs (C(OH)–C–C–N with tert-alkyl or cyclic N) is 1. The molecule has 1 N–H and O–H groups in total. The van der Waals surface area contributed by atoms with Crippen molar-refractivity contribution in [3.63, 3.8) is 0 Å². The Balaban J connectivity index is 1.11. The number of ether oxygens (including phenoxy) is 2. The highest BCUT2D eigenvalue weighted by Gasteiger charge is 2.51. The number of carbonyl (C=O) groups is 2. The second-order valence-electron chi connectivity index (χ2n) is 15.6. The number of likely N-dealkylation sites (tertiary alicyclic amines) is 1. The number of pyridine rings is 1. The van der Waals surface area contributed by atoms with E-state index in [9.17, 15) is 27.9 Å². The van der Waals surface area contributed by atoms with Gasteiger partial charge in [-0.15, -0.1) is 0 Å². The summed E-state index contributed by atoms with van der Waals surface area (Å²) in [6.45, 7) is 4.21. The number of amides is 2. The Morgan fingerprint density at radius 3 is 2.33 bits per heavy atom. The van der Waals surface area contributed by atoms with Gasteiger partial charge in [-0.05, 0) is 124 Å². The van der Waals surface area contributed by atoms with Gasteiger partial charge in [-0.3, -0.25) is 14.4 Å². The number of aryl methyl sites for hydroxylation is 1. The zero-order chi connectivity index (χ0) is 36.8. The number of carbonyl (C=O) groups excluding carboxylic acids is 2. The van der Waals surface area contributed by atoms with Crippen molar-refractivity contribution in [3.05, 3.63) is 60.0 Å². The van der Waals surface area contributed by atoms with Crippen LogP contribution in [-0.4, -0.2) is 81.9 Å². The van der Waals surface area contributed by atoms with Crippen LogP contribution in [0, 0.1) is 18.3 Å². The summed E-state index contributed by atoms with van der Waals surface area (Å²) in [5.41, 5.74) is 3.64. The van der Waals surface area contributed by atoms with Crippen LogP contribution in [0.25, 0.3) is 11.1 Å². The highest BCUT2D eigenvalue weighted by Crippen LogP contribution is 2.58. The number of halogens is 3. The van der Waals surface area contributed by atoms with Gasteiger partial charge in [0.05, 0.1) is 32.5 Å². The molecule has 2 aromatic heterocycles. The molecule has 280 valence electrons. The minimum absolute atomic E-state index is 0.0238. The molecule has 1 atom stereocenters. The fraction of sp³-hybridized carbons (Fsp3) is 0.590. The molecular formula is C39H48F3N5O5. The Morgan fingerprint density at radius 1 is 1.02 bits per heavy atom. The summed E-state index contributed by atoms with van der Waals surface area (Å²) < 4.78 is 52.5. The number of anilines is 1. The SMILES string of the molecule is COc1ccc(C23CCC(CN(C(=O)C4CCC(OC(=O)N5CC(O)C5)CC4)c4cc(-c5cnn(C(C)C(F)(F)F)c5)ccn4)(CC2)CC3)cc1C. The molecule has 5 fully saturated rings. The second-order valence-corrected chi connectivity index (χ2v) is 15.6. The number of rotatable bonds is 9. The number of hydrogen-bond donors (Lipinski definition) is 1. The largest absolute Gasteiger partial charge is 0.496 e.